The zero-order chi connectivity index (χ0) is 9.38. The average molecular weight is 182 g/mol. The molecule has 4 heteroatoms. The standard InChI is InChI=1S/C10H6N4/c1-3-11-9-5-7(1)13-14-8-2-4-12-10(9)6-8/h1-6H. The summed E-state index contributed by atoms with van der Waals surface area (Å²) >= 11 is 0. The van der Waals surface area contributed by atoms with Crippen molar-refractivity contribution in [2.45, 2.75) is 0 Å². The molecule has 3 rings (SSSR count). The molecule has 0 saturated carbocycles. The Hall–Kier alpha value is -2.10. The Bertz CT molecular complexity index is 472. The van der Waals surface area contributed by atoms with Crippen LogP contribution in [0.3, 0.4) is 0 Å². The second-order valence-electron chi connectivity index (χ2n) is 3.00. The molecule has 2 aromatic heterocycles. The lowest BCUT2D eigenvalue weighted by Gasteiger charge is -2.04. The zero-order valence-electron chi connectivity index (χ0n) is 7.25. The van der Waals surface area contributed by atoms with Crippen LogP contribution in [0.4, 0.5) is 11.4 Å². The summed E-state index contributed by atoms with van der Waals surface area (Å²) in [5.41, 5.74) is 3.29. The Morgan fingerprint density at radius 3 is 1.71 bits per heavy atom. The summed E-state index contributed by atoms with van der Waals surface area (Å²) in [7, 11) is 0. The van der Waals surface area contributed by atoms with E-state index in [1.807, 2.05) is 24.3 Å². The highest BCUT2D eigenvalue weighted by Crippen LogP contribution is 2.27. The van der Waals surface area contributed by atoms with Crippen molar-refractivity contribution < 1.29 is 0 Å². The van der Waals surface area contributed by atoms with Gasteiger partial charge in [-0.15, -0.1) is 0 Å². The van der Waals surface area contributed by atoms with Crippen LogP contribution in [0.15, 0.2) is 46.9 Å². The maximum atomic E-state index is 4.22. The topological polar surface area (TPSA) is 50.5 Å². The lowest BCUT2D eigenvalue weighted by molar-refractivity contribution is 1.16. The van der Waals surface area contributed by atoms with Crippen LogP contribution < -0.4 is 0 Å². The lowest BCUT2D eigenvalue weighted by Crippen LogP contribution is -1.87. The quantitative estimate of drug-likeness (QED) is 0.536. The Morgan fingerprint density at radius 1 is 0.714 bits per heavy atom. The van der Waals surface area contributed by atoms with E-state index in [0.717, 1.165) is 22.8 Å². The summed E-state index contributed by atoms with van der Waals surface area (Å²) in [5, 5.41) is 8.14. The summed E-state index contributed by atoms with van der Waals surface area (Å²) in [6.07, 6.45) is 3.42. The summed E-state index contributed by atoms with van der Waals surface area (Å²) in [5.74, 6) is 0. The Balaban J connectivity index is 2.36. The van der Waals surface area contributed by atoms with E-state index in [2.05, 4.69) is 20.2 Å². The number of hydrogen-bond acceptors (Lipinski definition) is 4. The van der Waals surface area contributed by atoms with E-state index in [0.29, 0.717) is 0 Å². The molecule has 2 aromatic rings. The van der Waals surface area contributed by atoms with E-state index < -0.39 is 0 Å². The maximum absolute atomic E-state index is 4.22. The minimum Gasteiger partial charge on any atom is -0.254 e. The minimum atomic E-state index is 0.809. The van der Waals surface area contributed by atoms with Gasteiger partial charge in [0.1, 0.15) is 0 Å². The van der Waals surface area contributed by atoms with E-state index in [9.17, 15) is 0 Å². The van der Waals surface area contributed by atoms with Crippen molar-refractivity contribution >= 4 is 11.4 Å². The van der Waals surface area contributed by atoms with Gasteiger partial charge in [0.2, 0.25) is 0 Å². The second kappa shape index (κ2) is 2.70. The number of pyridine rings is 2. The van der Waals surface area contributed by atoms with Gasteiger partial charge in [0.25, 0.3) is 0 Å². The van der Waals surface area contributed by atoms with Crippen molar-refractivity contribution in [3.05, 3.63) is 36.7 Å². The predicted octanol–water partition coefficient (Wildman–Crippen LogP) is 2.87. The molecule has 0 radical (unpaired) electrons. The highest BCUT2D eigenvalue weighted by atomic mass is 15.1. The van der Waals surface area contributed by atoms with Gasteiger partial charge in [0.05, 0.1) is 22.8 Å². The van der Waals surface area contributed by atoms with Crippen LogP contribution in [0.1, 0.15) is 0 Å². The first kappa shape index (κ1) is 7.32. The van der Waals surface area contributed by atoms with Gasteiger partial charge in [-0.25, -0.2) is 0 Å². The zero-order valence-corrected chi connectivity index (χ0v) is 7.25. The highest BCUT2D eigenvalue weighted by Gasteiger charge is 2.05. The number of nitrogens with zero attached hydrogens (tertiary/aromatic N) is 4. The molecule has 0 aromatic carbocycles. The number of aromatic nitrogens is 2. The van der Waals surface area contributed by atoms with Gasteiger partial charge in [-0.05, 0) is 24.3 Å². The van der Waals surface area contributed by atoms with Gasteiger partial charge < -0.3 is 0 Å². The fraction of sp³-hybridized carbons (Fsp3) is 0. The van der Waals surface area contributed by atoms with Crippen LogP contribution in [-0.4, -0.2) is 9.97 Å². The molecule has 0 aliphatic carbocycles. The normalized spacial score (nSPS) is 12.0. The fourth-order valence-corrected chi connectivity index (χ4v) is 1.36. The monoisotopic (exact) mass is 182 g/mol. The smallest absolute Gasteiger partial charge is 0.0909 e. The summed E-state index contributed by atoms with van der Waals surface area (Å²) in [4.78, 5) is 8.44. The van der Waals surface area contributed by atoms with Gasteiger partial charge in [-0.2, -0.15) is 10.2 Å². The number of fused-ring (bicyclic) bond motifs is 5. The van der Waals surface area contributed by atoms with Gasteiger partial charge in [-0.3, -0.25) is 9.97 Å². The number of rotatable bonds is 0. The fourth-order valence-electron chi connectivity index (χ4n) is 1.36. The van der Waals surface area contributed by atoms with Gasteiger partial charge in [-0.1, -0.05) is 0 Å². The molecule has 0 amide bonds. The van der Waals surface area contributed by atoms with E-state index in [-0.39, 0.29) is 0 Å². The first-order valence-electron chi connectivity index (χ1n) is 4.26. The number of azo groups is 1. The van der Waals surface area contributed by atoms with Crippen LogP contribution >= 0.6 is 0 Å². The van der Waals surface area contributed by atoms with Crippen molar-refractivity contribution in [3.63, 3.8) is 0 Å². The van der Waals surface area contributed by atoms with Crippen molar-refractivity contribution in [2.75, 3.05) is 0 Å². The molecule has 4 bridgehead atoms. The maximum Gasteiger partial charge on any atom is 0.0909 e. The van der Waals surface area contributed by atoms with E-state index in [4.69, 9.17) is 0 Å². The molecule has 0 fully saturated rings. The van der Waals surface area contributed by atoms with Crippen molar-refractivity contribution in [2.24, 2.45) is 10.2 Å². The highest BCUT2D eigenvalue weighted by molar-refractivity contribution is 5.63. The third-order valence-electron chi connectivity index (χ3n) is 2.03. The van der Waals surface area contributed by atoms with E-state index in [1.54, 1.807) is 12.4 Å². The van der Waals surface area contributed by atoms with Crippen LogP contribution in [0, 0.1) is 0 Å². The Labute approximate surface area is 80.4 Å². The van der Waals surface area contributed by atoms with Crippen molar-refractivity contribution in [1.82, 2.24) is 9.97 Å². The lowest BCUT2D eigenvalue weighted by atomic mass is 10.2. The Kier molecular flexibility index (Phi) is 1.41. The SMILES string of the molecule is c1cc2cc(n1)-c1cc(ccn1)N=N2. The summed E-state index contributed by atoms with van der Waals surface area (Å²) in [6, 6.07) is 7.38. The number of hydrogen-bond donors (Lipinski definition) is 0. The van der Waals surface area contributed by atoms with E-state index >= 15 is 0 Å². The summed E-state index contributed by atoms with van der Waals surface area (Å²) in [6.45, 7) is 0. The van der Waals surface area contributed by atoms with Crippen LogP contribution in [0.5, 0.6) is 0 Å². The second-order valence-corrected chi connectivity index (χ2v) is 3.00. The molecule has 0 unspecified atom stereocenters. The average Bonchev–Trinajstić information content (AvgIpc) is 2.26. The third-order valence-corrected chi connectivity index (χ3v) is 2.03. The minimum absolute atomic E-state index is 0.809. The molecule has 1 aliphatic heterocycles. The van der Waals surface area contributed by atoms with Crippen LogP contribution in [-0.2, 0) is 0 Å². The molecule has 4 nitrogen and oxygen atoms in total. The van der Waals surface area contributed by atoms with Crippen molar-refractivity contribution in [3.8, 4) is 11.4 Å². The van der Waals surface area contributed by atoms with Gasteiger partial charge in [0.15, 0.2) is 0 Å². The molecule has 66 valence electrons. The molecular formula is C10H6N4. The molecule has 0 atom stereocenters. The molecule has 3 heterocycles. The van der Waals surface area contributed by atoms with Crippen LogP contribution in [0.2, 0.25) is 0 Å². The van der Waals surface area contributed by atoms with Crippen molar-refractivity contribution in [1.29, 1.82) is 0 Å². The molecule has 14 heavy (non-hydrogen) atoms. The van der Waals surface area contributed by atoms with E-state index in [1.165, 1.54) is 0 Å². The van der Waals surface area contributed by atoms with Gasteiger partial charge in [0, 0.05) is 12.4 Å². The molecule has 0 N–H and O–H groups in total. The van der Waals surface area contributed by atoms with Crippen LogP contribution in [0.25, 0.3) is 11.4 Å². The molecule has 1 aliphatic rings. The Morgan fingerprint density at radius 2 is 1.21 bits per heavy atom. The predicted molar refractivity (Wildman–Crippen MR) is 51.6 cm³/mol. The largest absolute Gasteiger partial charge is 0.254 e. The third kappa shape index (κ3) is 1.08. The first-order chi connectivity index (χ1) is 6.92. The molecule has 0 spiro atoms. The first-order valence-corrected chi connectivity index (χ1v) is 4.26. The van der Waals surface area contributed by atoms with Gasteiger partial charge >= 0.3 is 0 Å². The summed E-state index contributed by atoms with van der Waals surface area (Å²) < 4.78 is 0. The molecule has 0 saturated heterocycles. The molecular weight excluding hydrogens is 176 g/mol.